The number of amides is 1. The lowest BCUT2D eigenvalue weighted by molar-refractivity contribution is -0.384. The van der Waals surface area contributed by atoms with E-state index in [9.17, 15) is 14.9 Å². The van der Waals surface area contributed by atoms with E-state index in [2.05, 4.69) is 5.32 Å². The Balaban J connectivity index is 2.66. The molecule has 0 radical (unpaired) electrons. The van der Waals surface area contributed by atoms with Crippen molar-refractivity contribution in [3.63, 3.8) is 0 Å². The number of hydrogen-bond donors (Lipinski definition) is 1. The smallest absolute Gasteiger partial charge is 0.270 e. The molecule has 0 saturated heterocycles. The second kappa shape index (κ2) is 7.06. The minimum atomic E-state index is -0.574. The van der Waals surface area contributed by atoms with Crippen LogP contribution in [0.2, 0.25) is 5.02 Å². The maximum absolute atomic E-state index is 11.8. The van der Waals surface area contributed by atoms with E-state index in [0.29, 0.717) is 13.2 Å². The molecule has 0 heterocycles. The number of carbonyl (C=O) groups excluding carboxylic acids is 1. The first-order valence-electron chi connectivity index (χ1n) is 5.75. The molecular weight excluding hydrogens is 272 g/mol. The van der Waals surface area contributed by atoms with Crippen LogP contribution in [0, 0.1) is 10.1 Å². The summed E-state index contributed by atoms with van der Waals surface area (Å²) in [6.45, 7) is 4.46. The molecule has 0 atom stereocenters. The van der Waals surface area contributed by atoms with Gasteiger partial charge < -0.3 is 10.1 Å². The molecule has 0 unspecified atom stereocenters. The summed E-state index contributed by atoms with van der Waals surface area (Å²) in [6.07, 6.45) is 0.0818. The molecule has 1 rings (SSSR count). The quantitative estimate of drug-likeness (QED) is 0.494. The lowest BCUT2D eigenvalue weighted by Crippen LogP contribution is -2.28. The fourth-order valence-corrected chi connectivity index (χ4v) is 1.56. The molecule has 1 aromatic carbocycles. The summed E-state index contributed by atoms with van der Waals surface area (Å²) in [5.41, 5.74) is -0.0894. The van der Waals surface area contributed by atoms with Crippen LogP contribution in [0.15, 0.2) is 18.2 Å². The number of hydrogen-bond acceptors (Lipinski definition) is 4. The zero-order valence-electron chi connectivity index (χ0n) is 10.7. The number of rotatable bonds is 6. The maximum Gasteiger partial charge on any atom is 0.270 e. The van der Waals surface area contributed by atoms with Crippen LogP contribution in [-0.2, 0) is 4.74 Å². The van der Waals surface area contributed by atoms with E-state index in [1.807, 2.05) is 13.8 Å². The van der Waals surface area contributed by atoms with Gasteiger partial charge in [0.05, 0.1) is 28.2 Å². The molecule has 0 aliphatic heterocycles. The molecule has 104 valence electrons. The number of nitrogens with one attached hydrogen (secondary N) is 1. The van der Waals surface area contributed by atoms with Crippen LogP contribution in [0.4, 0.5) is 5.69 Å². The van der Waals surface area contributed by atoms with Crippen LogP contribution in [-0.4, -0.2) is 30.1 Å². The molecule has 1 aromatic rings. The average Bonchev–Trinajstić information content (AvgIpc) is 2.34. The highest BCUT2D eigenvalue weighted by atomic mass is 35.5. The third-order valence-corrected chi connectivity index (χ3v) is 2.57. The third kappa shape index (κ3) is 4.84. The Morgan fingerprint density at radius 2 is 2.21 bits per heavy atom. The Hall–Kier alpha value is -1.66. The standard InChI is InChI=1S/C12H15ClN2O4/c1-8(2)19-6-5-14-12(16)10-7-9(15(17)18)3-4-11(10)13/h3-4,7-8H,5-6H2,1-2H3,(H,14,16). The molecule has 0 aliphatic rings. The summed E-state index contributed by atoms with van der Waals surface area (Å²) in [5, 5.41) is 13.4. The van der Waals surface area contributed by atoms with Gasteiger partial charge in [0.2, 0.25) is 0 Å². The van der Waals surface area contributed by atoms with Gasteiger partial charge in [-0.15, -0.1) is 0 Å². The predicted molar refractivity (Wildman–Crippen MR) is 71.5 cm³/mol. The number of non-ortho nitro benzene ring substituents is 1. The van der Waals surface area contributed by atoms with E-state index >= 15 is 0 Å². The van der Waals surface area contributed by atoms with E-state index in [-0.39, 0.29) is 22.4 Å². The number of benzene rings is 1. The maximum atomic E-state index is 11.8. The van der Waals surface area contributed by atoms with Crippen molar-refractivity contribution in [3.8, 4) is 0 Å². The molecule has 6 nitrogen and oxygen atoms in total. The minimum Gasteiger partial charge on any atom is -0.377 e. The van der Waals surface area contributed by atoms with Crippen molar-refractivity contribution in [1.29, 1.82) is 0 Å². The second-order valence-corrected chi connectivity index (χ2v) is 4.50. The van der Waals surface area contributed by atoms with E-state index in [0.717, 1.165) is 6.07 Å². The van der Waals surface area contributed by atoms with Gasteiger partial charge >= 0.3 is 0 Å². The highest BCUT2D eigenvalue weighted by Gasteiger charge is 2.15. The van der Waals surface area contributed by atoms with E-state index < -0.39 is 10.8 Å². The van der Waals surface area contributed by atoms with Crippen LogP contribution in [0.25, 0.3) is 0 Å². The Labute approximate surface area is 115 Å². The van der Waals surface area contributed by atoms with E-state index in [1.165, 1.54) is 12.1 Å². The highest BCUT2D eigenvalue weighted by molar-refractivity contribution is 6.33. The Morgan fingerprint density at radius 3 is 2.79 bits per heavy atom. The number of halogens is 1. The van der Waals surface area contributed by atoms with E-state index in [4.69, 9.17) is 16.3 Å². The van der Waals surface area contributed by atoms with Gasteiger partial charge in [-0.3, -0.25) is 14.9 Å². The summed E-state index contributed by atoms with van der Waals surface area (Å²) < 4.78 is 5.26. The SMILES string of the molecule is CC(C)OCCNC(=O)c1cc([N+](=O)[O-])ccc1Cl. The van der Waals surface area contributed by atoms with Gasteiger partial charge in [-0.25, -0.2) is 0 Å². The molecule has 0 fully saturated rings. The normalized spacial score (nSPS) is 10.5. The fourth-order valence-electron chi connectivity index (χ4n) is 1.36. The lowest BCUT2D eigenvalue weighted by atomic mass is 10.2. The van der Waals surface area contributed by atoms with Crippen molar-refractivity contribution in [3.05, 3.63) is 38.9 Å². The summed E-state index contributed by atoms with van der Waals surface area (Å²) in [5.74, 6) is -0.457. The molecule has 0 saturated carbocycles. The Morgan fingerprint density at radius 1 is 1.53 bits per heavy atom. The molecule has 0 aromatic heterocycles. The van der Waals surface area contributed by atoms with Gasteiger partial charge in [0.25, 0.3) is 11.6 Å². The van der Waals surface area contributed by atoms with Crippen LogP contribution < -0.4 is 5.32 Å². The first-order valence-corrected chi connectivity index (χ1v) is 6.13. The molecule has 19 heavy (non-hydrogen) atoms. The van der Waals surface area contributed by atoms with Gasteiger partial charge in [-0.2, -0.15) is 0 Å². The van der Waals surface area contributed by atoms with Gasteiger partial charge in [0.15, 0.2) is 0 Å². The minimum absolute atomic E-state index is 0.0818. The summed E-state index contributed by atoms with van der Waals surface area (Å²) in [6, 6.07) is 3.74. The molecule has 7 heteroatoms. The molecule has 0 bridgehead atoms. The van der Waals surface area contributed by atoms with Crippen molar-refractivity contribution in [2.24, 2.45) is 0 Å². The zero-order valence-corrected chi connectivity index (χ0v) is 11.4. The van der Waals surface area contributed by atoms with Crippen molar-refractivity contribution in [1.82, 2.24) is 5.32 Å². The summed E-state index contributed by atoms with van der Waals surface area (Å²) >= 11 is 5.84. The first kappa shape index (κ1) is 15.4. The molecule has 0 aliphatic carbocycles. The Bertz CT molecular complexity index is 477. The van der Waals surface area contributed by atoms with Crippen molar-refractivity contribution >= 4 is 23.2 Å². The van der Waals surface area contributed by atoms with Gasteiger partial charge in [-0.1, -0.05) is 11.6 Å². The number of ether oxygens (including phenoxy) is 1. The number of nitrogens with zero attached hydrogens (tertiary/aromatic N) is 1. The van der Waals surface area contributed by atoms with Crippen LogP contribution in [0.5, 0.6) is 0 Å². The van der Waals surface area contributed by atoms with Crippen molar-refractivity contribution in [2.75, 3.05) is 13.2 Å². The summed E-state index contributed by atoms with van der Waals surface area (Å²) in [7, 11) is 0. The third-order valence-electron chi connectivity index (χ3n) is 2.24. The highest BCUT2D eigenvalue weighted by Crippen LogP contribution is 2.21. The van der Waals surface area contributed by atoms with Crippen LogP contribution in [0.3, 0.4) is 0 Å². The van der Waals surface area contributed by atoms with Gasteiger partial charge in [-0.05, 0) is 19.9 Å². The van der Waals surface area contributed by atoms with Gasteiger partial charge in [0, 0.05) is 18.7 Å². The second-order valence-electron chi connectivity index (χ2n) is 4.10. The number of carbonyl (C=O) groups is 1. The molecule has 1 amide bonds. The molecule has 0 spiro atoms. The summed E-state index contributed by atoms with van der Waals surface area (Å²) in [4.78, 5) is 21.9. The topological polar surface area (TPSA) is 81.5 Å². The van der Waals surface area contributed by atoms with Crippen molar-refractivity contribution < 1.29 is 14.5 Å². The fraction of sp³-hybridized carbons (Fsp3) is 0.417. The van der Waals surface area contributed by atoms with Crippen LogP contribution in [0.1, 0.15) is 24.2 Å². The first-order chi connectivity index (χ1) is 8.91. The zero-order chi connectivity index (χ0) is 14.4. The predicted octanol–water partition coefficient (Wildman–Crippen LogP) is 2.40. The molecular formula is C12H15ClN2O4. The number of nitro groups is 1. The van der Waals surface area contributed by atoms with Crippen LogP contribution >= 0.6 is 11.6 Å². The Kier molecular flexibility index (Phi) is 5.72. The number of nitro benzene ring substituents is 1. The largest absolute Gasteiger partial charge is 0.377 e. The molecule has 1 N–H and O–H groups in total. The van der Waals surface area contributed by atoms with Gasteiger partial charge in [0.1, 0.15) is 0 Å². The monoisotopic (exact) mass is 286 g/mol. The van der Waals surface area contributed by atoms with Crippen molar-refractivity contribution in [2.45, 2.75) is 20.0 Å². The van der Waals surface area contributed by atoms with E-state index in [1.54, 1.807) is 0 Å². The lowest BCUT2D eigenvalue weighted by Gasteiger charge is -2.09. The average molecular weight is 287 g/mol.